The molecule has 0 saturated carbocycles. The Morgan fingerprint density at radius 3 is 2.62 bits per heavy atom. The van der Waals surface area contributed by atoms with Gasteiger partial charge in [0, 0.05) is 19.5 Å². The first-order valence-electron chi connectivity index (χ1n) is 7.91. The zero-order chi connectivity index (χ0) is 14.8. The monoisotopic (exact) mass is 286 g/mol. The molecule has 0 spiro atoms. The van der Waals surface area contributed by atoms with Crippen molar-refractivity contribution in [1.82, 2.24) is 9.80 Å². The number of carbonyl (C=O) groups is 2. The number of imide groups is 1. The summed E-state index contributed by atoms with van der Waals surface area (Å²) in [7, 11) is 0. The minimum absolute atomic E-state index is 0.00833. The molecule has 3 amide bonds. The fourth-order valence-electron chi connectivity index (χ4n) is 3.28. The van der Waals surface area contributed by atoms with Gasteiger partial charge in [-0.1, -0.05) is 50.5 Å². The van der Waals surface area contributed by atoms with Crippen LogP contribution in [-0.4, -0.2) is 34.3 Å². The molecule has 1 fully saturated rings. The second-order valence-electron chi connectivity index (χ2n) is 5.95. The predicted molar refractivity (Wildman–Crippen MR) is 80.7 cm³/mol. The summed E-state index contributed by atoms with van der Waals surface area (Å²) in [5.41, 5.74) is 2.37. The third kappa shape index (κ3) is 2.55. The van der Waals surface area contributed by atoms with Crippen LogP contribution in [0.15, 0.2) is 24.3 Å². The molecule has 21 heavy (non-hydrogen) atoms. The van der Waals surface area contributed by atoms with Crippen molar-refractivity contribution in [3.8, 4) is 0 Å². The molecule has 3 rings (SSSR count). The van der Waals surface area contributed by atoms with Crippen molar-refractivity contribution in [2.24, 2.45) is 0 Å². The molecule has 1 aromatic carbocycles. The van der Waals surface area contributed by atoms with E-state index in [1.165, 1.54) is 16.0 Å². The van der Waals surface area contributed by atoms with E-state index in [1.54, 1.807) is 4.90 Å². The maximum absolute atomic E-state index is 12.5. The van der Waals surface area contributed by atoms with Gasteiger partial charge in [0.05, 0.1) is 0 Å². The minimum Gasteiger partial charge on any atom is -0.308 e. The fraction of sp³-hybridized carbons (Fsp3) is 0.529. The minimum atomic E-state index is -0.279. The van der Waals surface area contributed by atoms with E-state index in [-0.39, 0.29) is 18.0 Å². The molecule has 1 saturated heterocycles. The summed E-state index contributed by atoms with van der Waals surface area (Å²) >= 11 is 0. The number of nitrogens with zero attached hydrogens (tertiary/aromatic N) is 2. The van der Waals surface area contributed by atoms with Gasteiger partial charge >= 0.3 is 6.03 Å². The Kier molecular flexibility index (Phi) is 3.95. The van der Waals surface area contributed by atoms with Crippen molar-refractivity contribution in [2.45, 2.75) is 51.6 Å². The summed E-state index contributed by atoms with van der Waals surface area (Å²) in [5, 5.41) is 0. The highest BCUT2D eigenvalue weighted by atomic mass is 16.2. The summed E-state index contributed by atoms with van der Waals surface area (Å²) in [6.07, 6.45) is 4.98. The van der Waals surface area contributed by atoms with E-state index in [1.807, 2.05) is 18.2 Å². The summed E-state index contributed by atoms with van der Waals surface area (Å²) in [4.78, 5) is 28.1. The van der Waals surface area contributed by atoms with Crippen LogP contribution in [0.3, 0.4) is 0 Å². The normalized spacial score (nSPS) is 20.7. The number of fused-ring (bicyclic) bond motifs is 2. The average molecular weight is 286 g/mol. The van der Waals surface area contributed by atoms with Crippen LogP contribution >= 0.6 is 0 Å². The van der Waals surface area contributed by atoms with E-state index in [0.717, 1.165) is 25.7 Å². The zero-order valence-electron chi connectivity index (χ0n) is 12.5. The molecule has 0 radical (unpaired) electrons. The number of urea groups is 1. The Labute approximate surface area is 125 Å². The van der Waals surface area contributed by atoms with Crippen molar-refractivity contribution < 1.29 is 9.59 Å². The molecule has 1 unspecified atom stereocenters. The number of hydrogen-bond acceptors (Lipinski definition) is 2. The molecule has 1 aromatic rings. The van der Waals surface area contributed by atoms with Crippen LogP contribution in [0, 0.1) is 0 Å². The van der Waals surface area contributed by atoms with Gasteiger partial charge in [-0.05, 0) is 17.5 Å². The van der Waals surface area contributed by atoms with Gasteiger partial charge < -0.3 is 4.90 Å². The van der Waals surface area contributed by atoms with Crippen molar-refractivity contribution in [3.63, 3.8) is 0 Å². The summed E-state index contributed by atoms with van der Waals surface area (Å²) in [5.74, 6) is -0.00833. The van der Waals surface area contributed by atoms with Crippen molar-refractivity contribution >= 4 is 11.9 Å². The van der Waals surface area contributed by atoms with Gasteiger partial charge in [0.1, 0.15) is 6.04 Å². The van der Waals surface area contributed by atoms with Crippen LogP contribution in [-0.2, 0) is 17.8 Å². The molecule has 2 aliphatic rings. The van der Waals surface area contributed by atoms with Gasteiger partial charge in [-0.3, -0.25) is 9.69 Å². The highest BCUT2D eigenvalue weighted by Gasteiger charge is 2.46. The lowest BCUT2D eigenvalue weighted by Gasteiger charge is -2.28. The summed E-state index contributed by atoms with van der Waals surface area (Å²) < 4.78 is 0. The van der Waals surface area contributed by atoms with Crippen molar-refractivity contribution in [3.05, 3.63) is 35.4 Å². The third-order valence-electron chi connectivity index (χ3n) is 4.51. The molecular weight excluding hydrogens is 264 g/mol. The number of rotatable bonds is 5. The van der Waals surface area contributed by atoms with Crippen molar-refractivity contribution in [2.75, 3.05) is 6.54 Å². The second-order valence-corrected chi connectivity index (χ2v) is 5.95. The molecule has 0 bridgehead atoms. The van der Waals surface area contributed by atoms with E-state index in [9.17, 15) is 9.59 Å². The van der Waals surface area contributed by atoms with Gasteiger partial charge in [-0.15, -0.1) is 0 Å². The SMILES string of the molecule is CCCCCCN1C(=O)C2Cc3ccccc3CN2C1=O. The molecule has 4 nitrogen and oxygen atoms in total. The largest absolute Gasteiger partial charge is 0.327 e. The maximum atomic E-state index is 12.5. The van der Waals surface area contributed by atoms with Crippen LogP contribution in [0.1, 0.15) is 43.7 Å². The van der Waals surface area contributed by atoms with E-state index in [0.29, 0.717) is 19.5 Å². The molecular formula is C17H22N2O2. The lowest BCUT2D eigenvalue weighted by Crippen LogP contribution is -2.39. The Bertz CT molecular complexity index is 512. The topological polar surface area (TPSA) is 40.6 Å². The van der Waals surface area contributed by atoms with Gasteiger partial charge in [0.2, 0.25) is 0 Å². The number of benzene rings is 1. The number of carbonyl (C=O) groups excluding carboxylic acids is 2. The standard InChI is InChI=1S/C17H22N2O2/c1-2-3-4-7-10-18-16(20)15-11-13-8-5-6-9-14(13)12-19(15)17(18)21/h5-6,8-9,15H,2-4,7,10-12H2,1H3. The Morgan fingerprint density at radius 1 is 1.10 bits per heavy atom. The van der Waals surface area contributed by atoms with Gasteiger partial charge in [0.15, 0.2) is 0 Å². The Balaban J connectivity index is 1.71. The number of unbranched alkanes of at least 4 members (excludes halogenated alkanes) is 3. The third-order valence-corrected chi connectivity index (χ3v) is 4.51. The first-order valence-corrected chi connectivity index (χ1v) is 7.91. The molecule has 112 valence electrons. The molecule has 1 atom stereocenters. The van der Waals surface area contributed by atoms with Crippen LogP contribution < -0.4 is 0 Å². The van der Waals surface area contributed by atoms with E-state index in [4.69, 9.17) is 0 Å². The molecule has 0 aromatic heterocycles. The van der Waals surface area contributed by atoms with Crippen LogP contribution in [0.4, 0.5) is 4.79 Å². The highest BCUT2D eigenvalue weighted by molar-refractivity contribution is 6.04. The molecule has 0 aliphatic carbocycles. The summed E-state index contributed by atoms with van der Waals surface area (Å²) in [6, 6.07) is 7.72. The Morgan fingerprint density at radius 2 is 1.86 bits per heavy atom. The van der Waals surface area contributed by atoms with E-state index < -0.39 is 0 Å². The quantitative estimate of drug-likeness (QED) is 0.617. The lowest BCUT2D eigenvalue weighted by molar-refractivity contribution is -0.128. The van der Waals surface area contributed by atoms with Gasteiger partial charge in [-0.25, -0.2) is 4.79 Å². The van der Waals surface area contributed by atoms with Gasteiger partial charge in [-0.2, -0.15) is 0 Å². The second kappa shape index (κ2) is 5.88. The highest BCUT2D eigenvalue weighted by Crippen LogP contribution is 2.30. The van der Waals surface area contributed by atoms with Crippen LogP contribution in [0.5, 0.6) is 0 Å². The smallest absolute Gasteiger partial charge is 0.308 e. The van der Waals surface area contributed by atoms with Gasteiger partial charge in [0.25, 0.3) is 5.91 Å². The molecule has 0 N–H and O–H groups in total. The lowest BCUT2D eigenvalue weighted by atomic mass is 9.95. The van der Waals surface area contributed by atoms with Crippen molar-refractivity contribution in [1.29, 1.82) is 0 Å². The first-order chi connectivity index (χ1) is 10.2. The Hall–Kier alpha value is -1.84. The number of hydrogen-bond donors (Lipinski definition) is 0. The van der Waals surface area contributed by atoms with Crippen LogP contribution in [0.2, 0.25) is 0 Å². The molecule has 2 aliphatic heterocycles. The fourth-order valence-corrected chi connectivity index (χ4v) is 3.28. The average Bonchev–Trinajstić information content (AvgIpc) is 2.74. The molecule has 2 heterocycles. The first kappa shape index (κ1) is 14.1. The zero-order valence-corrected chi connectivity index (χ0v) is 12.5. The van der Waals surface area contributed by atoms with E-state index in [2.05, 4.69) is 13.0 Å². The van der Waals surface area contributed by atoms with Crippen LogP contribution in [0.25, 0.3) is 0 Å². The summed E-state index contributed by atoms with van der Waals surface area (Å²) in [6.45, 7) is 3.29. The van der Waals surface area contributed by atoms with E-state index >= 15 is 0 Å². The molecule has 4 heteroatoms. The number of amides is 3. The maximum Gasteiger partial charge on any atom is 0.327 e. The predicted octanol–water partition coefficient (Wildman–Crippen LogP) is 2.96.